The molecule has 2 aromatic heterocycles. The summed E-state index contributed by atoms with van der Waals surface area (Å²) in [6.45, 7) is 8.00. The van der Waals surface area contributed by atoms with Crippen LogP contribution < -0.4 is 10.7 Å². The smallest absolute Gasteiger partial charge is 0.260 e. The molecule has 1 aliphatic rings. The van der Waals surface area contributed by atoms with Gasteiger partial charge in [-0.2, -0.15) is 0 Å². The molecule has 0 spiro atoms. The van der Waals surface area contributed by atoms with Crippen LogP contribution in [0.25, 0.3) is 10.2 Å². The molecule has 0 aliphatic heterocycles. The summed E-state index contributed by atoms with van der Waals surface area (Å²) in [5, 5.41) is 4.56. The van der Waals surface area contributed by atoms with E-state index in [1.807, 2.05) is 57.4 Å². The van der Waals surface area contributed by atoms with Crippen molar-refractivity contribution in [1.29, 1.82) is 0 Å². The topological polar surface area (TPSA) is 62.0 Å². The molecule has 5 heteroatoms. The normalized spacial score (nSPS) is 11.4. The van der Waals surface area contributed by atoms with Gasteiger partial charge in [-0.15, -0.1) is 11.3 Å². The lowest BCUT2D eigenvalue weighted by Crippen LogP contribution is -2.27. The van der Waals surface area contributed by atoms with E-state index in [2.05, 4.69) is 10.3 Å². The number of fused-ring (bicyclic) bond motifs is 1. The monoisotopic (exact) mass is 334 g/mol. The van der Waals surface area contributed by atoms with Crippen LogP contribution in [0.4, 0.5) is 0 Å². The average Bonchev–Trinajstić information content (AvgIpc) is 3.23. The second-order valence-corrected chi connectivity index (χ2v) is 4.89. The molecule has 0 saturated heterocycles. The molecule has 4 nitrogen and oxygen atoms in total. The van der Waals surface area contributed by atoms with Crippen LogP contribution in [0.1, 0.15) is 51.9 Å². The number of H-pyrrole nitrogens is 1. The molecule has 1 aliphatic carbocycles. The molecule has 0 bridgehead atoms. The number of carbonyl (C=O) groups is 1. The summed E-state index contributed by atoms with van der Waals surface area (Å²) in [6, 6.07) is 1.83. The summed E-state index contributed by atoms with van der Waals surface area (Å²) in [4.78, 5) is 27.1. The van der Waals surface area contributed by atoms with E-state index in [0.717, 1.165) is 11.2 Å². The maximum Gasteiger partial charge on any atom is 0.260 e. The lowest BCUT2D eigenvalue weighted by atomic mass is 10.2. The van der Waals surface area contributed by atoms with Crippen molar-refractivity contribution in [3.63, 3.8) is 0 Å². The van der Waals surface area contributed by atoms with E-state index in [1.54, 1.807) is 0 Å². The Morgan fingerprint density at radius 2 is 1.96 bits per heavy atom. The summed E-state index contributed by atoms with van der Waals surface area (Å²) in [7, 11) is 0. The van der Waals surface area contributed by atoms with Crippen LogP contribution >= 0.6 is 11.3 Å². The van der Waals surface area contributed by atoms with Crippen LogP contribution in [0.5, 0.6) is 0 Å². The molecule has 0 saturated carbocycles. The van der Waals surface area contributed by atoms with Gasteiger partial charge >= 0.3 is 0 Å². The van der Waals surface area contributed by atoms with Gasteiger partial charge in [0.2, 0.25) is 5.43 Å². The number of thiophene rings is 1. The van der Waals surface area contributed by atoms with E-state index >= 15 is 0 Å². The van der Waals surface area contributed by atoms with Gasteiger partial charge in [0, 0.05) is 18.3 Å². The zero-order valence-corrected chi connectivity index (χ0v) is 14.2. The second kappa shape index (κ2) is 10.6. The third kappa shape index (κ3) is 4.93. The highest BCUT2D eigenvalue weighted by Crippen LogP contribution is 2.15. The maximum atomic E-state index is 12.1. The van der Waals surface area contributed by atoms with Crippen molar-refractivity contribution in [2.45, 2.75) is 41.5 Å². The molecule has 0 unspecified atom stereocenters. The molecule has 2 aromatic rings. The maximum absolute atomic E-state index is 12.1. The number of aromatic amines is 1. The standard InChI is InChI=1S/C13H10N2O2S.2C2H6.CH4/c16-11-9(7-14-10-5-6-18-12(10)11)13(17)15-8-3-1-2-4-8;2*1-2;/h1-3,5-7H,4H2,(H,14,16)(H,15,17);2*1-2H3;1H4. The fraction of sp³-hybridized carbons (Fsp3) is 0.333. The Kier molecular flexibility index (Phi) is 9.58. The minimum Gasteiger partial charge on any atom is -0.359 e. The Hall–Kier alpha value is -2.14. The van der Waals surface area contributed by atoms with Crippen LogP contribution in [0.2, 0.25) is 0 Å². The van der Waals surface area contributed by atoms with Gasteiger partial charge in [0.15, 0.2) is 0 Å². The second-order valence-electron chi connectivity index (χ2n) is 3.97. The van der Waals surface area contributed by atoms with Crippen molar-refractivity contribution in [1.82, 2.24) is 10.3 Å². The highest BCUT2D eigenvalue weighted by molar-refractivity contribution is 7.17. The van der Waals surface area contributed by atoms with Gasteiger partial charge in [-0.05, 0) is 17.5 Å². The number of nitrogens with one attached hydrogen (secondary N) is 2. The third-order valence-electron chi connectivity index (χ3n) is 2.78. The first-order valence-electron chi connectivity index (χ1n) is 7.51. The number of rotatable bonds is 2. The molecular weight excluding hydrogens is 308 g/mol. The van der Waals surface area contributed by atoms with Gasteiger partial charge in [0.25, 0.3) is 5.91 Å². The van der Waals surface area contributed by atoms with E-state index in [4.69, 9.17) is 0 Å². The Morgan fingerprint density at radius 3 is 2.57 bits per heavy atom. The molecule has 126 valence electrons. The molecule has 0 aromatic carbocycles. The Bertz CT molecular complexity index is 739. The largest absolute Gasteiger partial charge is 0.359 e. The quantitative estimate of drug-likeness (QED) is 0.824. The Balaban J connectivity index is 0.000000901. The third-order valence-corrected chi connectivity index (χ3v) is 3.69. The van der Waals surface area contributed by atoms with Crippen molar-refractivity contribution < 1.29 is 4.79 Å². The molecule has 2 heterocycles. The number of aromatic nitrogens is 1. The summed E-state index contributed by atoms with van der Waals surface area (Å²) in [5.41, 5.74) is 1.51. The number of pyridine rings is 1. The van der Waals surface area contributed by atoms with E-state index < -0.39 is 0 Å². The molecule has 0 radical (unpaired) electrons. The van der Waals surface area contributed by atoms with Crippen molar-refractivity contribution in [2.24, 2.45) is 0 Å². The average molecular weight is 334 g/mol. The van der Waals surface area contributed by atoms with Crippen molar-refractivity contribution in [2.75, 3.05) is 0 Å². The predicted octanol–water partition coefficient (Wildman–Crippen LogP) is 4.85. The fourth-order valence-electron chi connectivity index (χ4n) is 1.86. The van der Waals surface area contributed by atoms with Gasteiger partial charge in [0.1, 0.15) is 5.56 Å². The first-order chi connectivity index (χ1) is 10.8. The minimum absolute atomic E-state index is 0. The molecule has 0 atom stereocenters. The molecule has 1 amide bonds. The van der Waals surface area contributed by atoms with Crippen molar-refractivity contribution >= 4 is 27.5 Å². The summed E-state index contributed by atoms with van der Waals surface area (Å²) in [5.74, 6) is -0.360. The van der Waals surface area contributed by atoms with Crippen LogP contribution in [-0.4, -0.2) is 10.9 Å². The number of carbonyl (C=O) groups excluding carboxylic acids is 1. The number of allylic oxidation sites excluding steroid dienone is 3. The van der Waals surface area contributed by atoms with Crippen LogP contribution in [0, 0.1) is 0 Å². The Labute approximate surface area is 141 Å². The summed E-state index contributed by atoms with van der Waals surface area (Å²) in [6.07, 6.45) is 7.82. The molecule has 3 rings (SSSR count). The van der Waals surface area contributed by atoms with Crippen LogP contribution in [0.3, 0.4) is 0 Å². The lowest BCUT2D eigenvalue weighted by Gasteiger charge is -2.05. The van der Waals surface area contributed by atoms with Crippen molar-refractivity contribution in [3.05, 3.63) is 57.4 Å². The zero-order chi connectivity index (χ0) is 16.5. The summed E-state index contributed by atoms with van der Waals surface area (Å²) >= 11 is 1.34. The van der Waals surface area contributed by atoms with E-state index in [9.17, 15) is 9.59 Å². The minimum atomic E-state index is -0.360. The van der Waals surface area contributed by atoms with Gasteiger partial charge in [-0.1, -0.05) is 47.3 Å². The van der Waals surface area contributed by atoms with E-state index in [0.29, 0.717) is 11.1 Å². The van der Waals surface area contributed by atoms with E-state index in [1.165, 1.54) is 17.5 Å². The van der Waals surface area contributed by atoms with Gasteiger partial charge < -0.3 is 10.3 Å². The van der Waals surface area contributed by atoms with Crippen LogP contribution in [0.15, 0.2) is 46.4 Å². The molecular formula is C18H26N2O2S. The van der Waals surface area contributed by atoms with Crippen LogP contribution in [-0.2, 0) is 0 Å². The van der Waals surface area contributed by atoms with E-state index in [-0.39, 0.29) is 24.3 Å². The number of amides is 1. The lowest BCUT2D eigenvalue weighted by molar-refractivity contribution is 0.0964. The highest BCUT2D eigenvalue weighted by atomic mass is 32.1. The SMILES string of the molecule is C.CC.CC.O=C(NC1=CC=CC1)c1c[nH]c2ccsc2c1=O. The highest BCUT2D eigenvalue weighted by Gasteiger charge is 2.14. The van der Waals surface area contributed by atoms with Gasteiger partial charge in [-0.25, -0.2) is 0 Å². The first kappa shape index (κ1) is 20.9. The number of hydrogen-bond acceptors (Lipinski definition) is 3. The number of hydrogen-bond donors (Lipinski definition) is 2. The summed E-state index contributed by atoms with van der Waals surface area (Å²) < 4.78 is 0.584. The first-order valence-corrected chi connectivity index (χ1v) is 8.39. The molecule has 0 fully saturated rings. The fourth-order valence-corrected chi connectivity index (χ4v) is 2.67. The zero-order valence-electron chi connectivity index (χ0n) is 13.4. The van der Waals surface area contributed by atoms with Gasteiger partial charge in [-0.3, -0.25) is 9.59 Å². The van der Waals surface area contributed by atoms with Gasteiger partial charge in [0.05, 0.1) is 10.2 Å². The Morgan fingerprint density at radius 1 is 1.26 bits per heavy atom. The molecule has 23 heavy (non-hydrogen) atoms. The predicted molar refractivity (Wildman–Crippen MR) is 101 cm³/mol. The molecule has 2 N–H and O–H groups in total. The van der Waals surface area contributed by atoms with Crippen molar-refractivity contribution in [3.8, 4) is 0 Å².